The van der Waals surface area contributed by atoms with Crippen molar-refractivity contribution in [2.24, 2.45) is 11.7 Å². The van der Waals surface area contributed by atoms with Crippen molar-refractivity contribution in [3.63, 3.8) is 0 Å². The minimum absolute atomic E-state index is 0.0129. The number of primary amides is 1. The van der Waals surface area contributed by atoms with E-state index in [1.807, 2.05) is 0 Å². The van der Waals surface area contributed by atoms with Crippen molar-refractivity contribution >= 4 is 12.2 Å². The summed E-state index contributed by atoms with van der Waals surface area (Å²) in [7, 11) is 0. The number of ether oxygens (including phenoxy) is 2. The van der Waals surface area contributed by atoms with Crippen LogP contribution < -0.4 is 11.1 Å². The Kier molecular flexibility index (Phi) is 8.01. The van der Waals surface area contributed by atoms with Crippen molar-refractivity contribution in [1.29, 1.82) is 0 Å². The van der Waals surface area contributed by atoms with Crippen molar-refractivity contribution in [2.45, 2.75) is 26.7 Å². The molecule has 0 heterocycles. The van der Waals surface area contributed by atoms with Crippen molar-refractivity contribution < 1.29 is 19.1 Å². The lowest BCUT2D eigenvalue weighted by atomic mass is 10.1. The number of carbonyl (C=O) groups is 2. The average Bonchev–Trinajstić information content (AvgIpc) is 2.19. The SMILES string of the molecule is CC(C)CCCNC(=O)OCCOC(N)=O. The number of nitrogens with two attached hydrogens (primary N) is 1. The summed E-state index contributed by atoms with van der Waals surface area (Å²) < 4.78 is 9.10. The predicted octanol–water partition coefficient (Wildman–Crippen LogP) is 1.24. The van der Waals surface area contributed by atoms with Crippen LogP contribution in [0.2, 0.25) is 0 Å². The second-order valence-corrected chi connectivity index (χ2v) is 3.77. The van der Waals surface area contributed by atoms with Crippen LogP contribution in [0.3, 0.4) is 0 Å². The molecule has 0 unspecified atom stereocenters. The van der Waals surface area contributed by atoms with Gasteiger partial charge >= 0.3 is 12.2 Å². The van der Waals surface area contributed by atoms with E-state index in [0.717, 1.165) is 12.8 Å². The fourth-order valence-corrected chi connectivity index (χ4v) is 1.03. The standard InChI is InChI=1S/C10H20N2O4/c1-8(2)4-3-5-12-10(14)16-7-6-15-9(11)13/h8H,3-7H2,1-2H3,(H2,11,13)(H,12,14). The van der Waals surface area contributed by atoms with Gasteiger partial charge < -0.3 is 20.5 Å². The Morgan fingerprint density at radius 1 is 1.25 bits per heavy atom. The molecule has 0 aromatic heterocycles. The number of hydrogen-bond acceptors (Lipinski definition) is 4. The molecule has 0 saturated heterocycles. The first-order valence-electron chi connectivity index (χ1n) is 5.35. The van der Waals surface area contributed by atoms with Gasteiger partial charge in [0, 0.05) is 6.54 Å². The first-order valence-corrected chi connectivity index (χ1v) is 5.35. The maximum atomic E-state index is 11.0. The maximum Gasteiger partial charge on any atom is 0.407 e. The number of nitrogens with one attached hydrogen (secondary N) is 1. The first kappa shape index (κ1) is 14.5. The second-order valence-electron chi connectivity index (χ2n) is 3.77. The van der Waals surface area contributed by atoms with Gasteiger partial charge in [0.25, 0.3) is 0 Å². The first-order chi connectivity index (χ1) is 7.52. The third-order valence-corrected chi connectivity index (χ3v) is 1.79. The summed E-state index contributed by atoms with van der Waals surface area (Å²) in [4.78, 5) is 21.2. The van der Waals surface area contributed by atoms with E-state index in [4.69, 9.17) is 10.5 Å². The van der Waals surface area contributed by atoms with E-state index < -0.39 is 12.2 Å². The molecular weight excluding hydrogens is 212 g/mol. The van der Waals surface area contributed by atoms with Gasteiger partial charge in [0.1, 0.15) is 13.2 Å². The van der Waals surface area contributed by atoms with Gasteiger partial charge in [-0.3, -0.25) is 0 Å². The van der Waals surface area contributed by atoms with Crippen LogP contribution in [-0.2, 0) is 9.47 Å². The van der Waals surface area contributed by atoms with E-state index in [1.165, 1.54) is 0 Å². The van der Waals surface area contributed by atoms with Crippen molar-refractivity contribution in [2.75, 3.05) is 19.8 Å². The molecule has 0 aromatic carbocycles. The minimum Gasteiger partial charge on any atom is -0.446 e. The average molecular weight is 232 g/mol. The van der Waals surface area contributed by atoms with Crippen LogP contribution in [0.5, 0.6) is 0 Å². The summed E-state index contributed by atoms with van der Waals surface area (Å²) in [5.74, 6) is 0.627. The number of rotatable bonds is 7. The molecule has 0 bridgehead atoms. The van der Waals surface area contributed by atoms with Crippen LogP contribution in [0.1, 0.15) is 26.7 Å². The van der Waals surface area contributed by atoms with E-state index in [-0.39, 0.29) is 13.2 Å². The van der Waals surface area contributed by atoms with Crippen LogP contribution in [-0.4, -0.2) is 31.9 Å². The largest absolute Gasteiger partial charge is 0.446 e. The van der Waals surface area contributed by atoms with Crippen molar-refractivity contribution in [1.82, 2.24) is 5.32 Å². The Bertz CT molecular complexity index is 219. The van der Waals surface area contributed by atoms with Gasteiger partial charge in [-0.2, -0.15) is 0 Å². The molecule has 16 heavy (non-hydrogen) atoms. The van der Waals surface area contributed by atoms with Gasteiger partial charge in [-0.25, -0.2) is 9.59 Å². The molecule has 0 saturated carbocycles. The fraction of sp³-hybridized carbons (Fsp3) is 0.800. The van der Waals surface area contributed by atoms with Gasteiger partial charge in [-0.05, 0) is 18.8 Å². The zero-order valence-corrected chi connectivity index (χ0v) is 9.82. The Labute approximate surface area is 95.5 Å². The Morgan fingerprint density at radius 2 is 1.88 bits per heavy atom. The minimum atomic E-state index is -0.874. The number of hydrogen-bond donors (Lipinski definition) is 2. The highest BCUT2D eigenvalue weighted by Crippen LogP contribution is 2.01. The molecule has 3 N–H and O–H groups in total. The fourth-order valence-electron chi connectivity index (χ4n) is 1.03. The second kappa shape index (κ2) is 8.82. The molecular formula is C10H20N2O4. The van der Waals surface area contributed by atoms with Crippen LogP contribution >= 0.6 is 0 Å². The molecule has 0 fully saturated rings. The van der Waals surface area contributed by atoms with E-state index in [9.17, 15) is 9.59 Å². The summed E-state index contributed by atoms with van der Waals surface area (Å²) in [6, 6.07) is 0. The zero-order valence-electron chi connectivity index (χ0n) is 9.82. The van der Waals surface area contributed by atoms with Crippen molar-refractivity contribution in [3.05, 3.63) is 0 Å². The van der Waals surface area contributed by atoms with Crippen LogP contribution in [0.25, 0.3) is 0 Å². The van der Waals surface area contributed by atoms with Gasteiger partial charge in [0.15, 0.2) is 0 Å². The summed E-state index contributed by atoms with van der Waals surface area (Å²) >= 11 is 0. The van der Waals surface area contributed by atoms with Crippen LogP contribution in [0, 0.1) is 5.92 Å². The van der Waals surface area contributed by atoms with E-state index in [0.29, 0.717) is 12.5 Å². The lowest BCUT2D eigenvalue weighted by Gasteiger charge is -2.07. The third-order valence-electron chi connectivity index (χ3n) is 1.79. The highest BCUT2D eigenvalue weighted by atomic mass is 16.6. The van der Waals surface area contributed by atoms with E-state index in [2.05, 4.69) is 23.9 Å². The Morgan fingerprint density at radius 3 is 2.44 bits per heavy atom. The van der Waals surface area contributed by atoms with Crippen LogP contribution in [0.4, 0.5) is 9.59 Å². The molecule has 0 atom stereocenters. The highest BCUT2D eigenvalue weighted by molar-refractivity contribution is 5.67. The third kappa shape index (κ3) is 10.6. The topological polar surface area (TPSA) is 90.7 Å². The molecule has 0 radical (unpaired) electrons. The Hall–Kier alpha value is -1.46. The highest BCUT2D eigenvalue weighted by Gasteiger charge is 2.02. The summed E-state index contributed by atoms with van der Waals surface area (Å²) in [5.41, 5.74) is 4.72. The van der Waals surface area contributed by atoms with Gasteiger partial charge in [0.05, 0.1) is 0 Å². The predicted molar refractivity (Wildman–Crippen MR) is 59.0 cm³/mol. The molecule has 0 aliphatic rings. The Balaban J connectivity index is 3.28. The summed E-state index contributed by atoms with van der Waals surface area (Å²) in [6.45, 7) is 4.83. The number of alkyl carbamates (subject to hydrolysis) is 1. The lowest BCUT2D eigenvalue weighted by Crippen LogP contribution is -2.27. The summed E-state index contributed by atoms with van der Waals surface area (Å²) in [6.07, 6.45) is 0.605. The molecule has 0 aliphatic carbocycles. The zero-order chi connectivity index (χ0) is 12.4. The number of carbonyl (C=O) groups excluding carboxylic acids is 2. The van der Waals surface area contributed by atoms with E-state index in [1.54, 1.807) is 0 Å². The van der Waals surface area contributed by atoms with E-state index >= 15 is 0 Å². The van der Waals surface area contributed by atoms with Gasteiger partial charge in [-0.15, -0.1) is 0 Å². The quantitative estimate of drug-likeness (QED) is 0.646. The maximum absolute atomic E-state index is 11.0. The lowest BCUT2D eigenvalue weighted by molar-refractivity contribution is 0.100. The van der Waals surface area contributed by atoms with Crippen LogP contribution in [0.15, 0.2) is 0 Å². The van der Waals surface area contributed by atoms with Gasteiger partial charge in [-0.1, -0.05) is 13.8 Å². The number of amides is 2. The summed E-state index contributed by atoms with van der Waals surface area (Å²) in [5, 5.41) is 2.59. The van der Waals surface area contributed by atoms with Gasteiger partial charge in [0.2, 0.25) is 0 Å². The molecule has 6 heteroatoms. The van der Waals surface area contributed by atoms with Crippen molar-refractivity contribution in [3.8, 4) is 0 Å². The molecule has 6 nitrogen and oxygen atoms in total. The molecule has 0 spiro atoms. The monoisotopic (exact) mass is 232 g/mol. The molecule has 0 aliphatic heterocycles. The normalized spacial score (nSPS) is 9.94. The molecule has 2 amide bonds. The molecule has 94 valence electrons. The molecule has 0 rings (SSSR count). The molecule has 0 aromatic rings. The smallest absolute Gasteiger partial charge is 0.407 e.